The molecule has 0 aliphatic heterocycles. The van der Waals surface area contributed by atoms with Gasteiger partial charge >= 0.3 is 12.1 Å². The summed E-state index contributed by atoms with van der Waals surface area (Å²) in [7, 11) is 0. The van der Waals surface area contributed by atoms with Gasteiger partial charge in [0, 0.05) is 18.5 Å². The van der Waals surface area contributed by atoms with Gasteiger partial charge in [-0.1, -0.05) is 68.3 Å². The Hall–Kier alpha value is -3.39. The van der Waals surface area contributed by atoms with Gasteiger partial charge in [-0.25, -0.2) is 4.79 Å². The van der Waals surface area contributed by atoms with Crippen LogP contribution in [0.2, 0.25) is 0 Å². The molecule has 2 aromatic rings. The average molecular weight is 469 g/mol. The van der Waals surface area contributed by atoms with E-state index in [0.29, 0.717) is 6.42 Å². The first kappa shape index (κ1) is 25.2. The molecule has 2 aromatic carbocycles. The molecule has 0 fully saturated rings. The monoisotopic (exact) mass is 468 g/mol. The van der Waals surface area contributed by atoms with Crippen molar-refractivity contribution in [3.63, 3.8) is 0 Å². The maximum absolute atomic E-state index is 12.1. The number of aliphatic carboxylic acids is 1. The Kier molecular flexibility index (Phi) is 9.46. The van der Waals surface area contributed by atoms with Crippen molar-refractivity contribution in [3.8, 4) is 11.1 Å². The fourth-order valence-electron chi connectivity index (χ4n) is 4.20. The highest BCUT2D eigenvalue weighted by Gasteiger charge is 2.28. The SMILES string of the molecule is CCCC[C@@H](CC(=O)O)NC(=O)COCCNC(=O)OCC1c2ccccc2-c2ccccc21. The Morgan fingerprint density at radius 1 is 1.03 bits per heavy atom. The minimum atomic E-state index is -0.949. The van der Waals surface area contributed by atoms with Gasteiger partial charge in [0.2, 0.25) is 5.91 Å². The van der Waals surface area contributed by atoms with E-state index in [1.165, 1.54) is 11.1 Å². The van der Waals surface area contributed by atoms with Crippen LogP contribution in [0, 0.1) is 0 Å². The van der Waals surface area contributed by atoms with Crippen LogP contribution in [0.5, 0.6) is 0 Å². The number of carbonyl (C=O) groups excluding carboxylic acids is 2. The summed E-state index contributed by atoms with van der Waals surface area (Å²) in [5.41, 5.74) is 4.62. The van der Waals surface area contributed by atoms with Crippen LogP contribution in [0.25, 0.3) is 11.1 Å². The van der Waals surface area contributed by atoms with Crippen LogP contribution in [0.3, 0.4) is 0 Å². The normalized spacial score (nSPS) is 13.0. The molecule has 3 N–H and O–H groups in total. The number of benzene rings is 2. The Labute approximate surface area is 199 Å². The molecule has 0 radical (unpaired) electrons. The highest BCUT2D eigenvalue weighted by atomic mass is 16.5. The number of rotatable bonds is 13. The van der Waals surface area contributed by atoms with Crippen LogP contribution in [0.4, 0.5) is 4.79 Å². The van der Waals surface area contributed by atoms with Crippen molar-refractivity contribution >= 4 is 18.0 Å². The quantitative estimate of drug-likeness (QED) is 0.386. The third-order valence-electron chi connectivity index (χ3n) is 5.78. The van der Waals surface area contributed by atoms with Crippen molar-refractivity contribution in [1.29, 1.82) is 0 Å². The summed E-state index contributed by atoms with van der Waals surface area (Å²) in [5, 5.41) is 14.3. The maximum atomic E-state index is 12.1. The number of fused-ring (bicyclic) bond motifs is 3. The lowest BCUT2D eigenvalue weighted by atomic mass is 9.98. The van der Waals surface area contributed by atoms with Crippen molar-refractivity contribution in [2.45, 2.75) is 44.6 Å². The summed E-state index contributed by atoms with van der Waals surface area (Å²) in [6, 6.07) is 15.8. The van der Waals surface area contributed by atoms with Crippen molar-refractivity contribution in [2.75, 3.05) is 26.4 Å². The molecule has 1 aliphatic carbocycles. The summed E-state index contributed by atoms with van der Waals surface area (Å²) in [6.45, 7) is 2.36. The molecule has 0 spiro atoms. The van der Waals surface area contributed by atoms with Gasteiger partial charge < -0.3 is 25.2 Å². The second-order valence-electron chi connectivity index (χ2n) is 8.31. The van der Waals surface area contributed by atoms with Crippen molar-refractivity contribution in [3.05, 3.63) is 59.7 Å². The first-order valence-corrected chi connectivity index (χ1v) is 11.7. The first-order chi connectivity index (χ1) is 16.5. The number of hydrogen-bond acceptors (Lipinski definition) is 5. The van der Waals surface area contributed by atoms with Gasteiger partial charge in [-0.3, -0.25) is 9.59 Å². The number of nitrogens with one attached hydrogen (secondary N) is 2. The predicted octanol–water partition coefficient (Wildman–Crippen LogP) is 3.69. The Morgan fingerprint density at radius 2 is 1.68 bits per heavy atom. The minimum Gasteiger partial charge on any atom is -0.481 e. The summed E-state index contributed by atoms with van der Waals surface area (Å²) in [4.78, 5) is 35.1. The minimum absolute atomic E-state index is 0.00967. The summed E-state index contributed by atoms with van der Waals surface area (Å²) in [5.74, 6) is -1.33. The van der Waals surface area contributed by atoms with Gasteiger partial charge in [-0.2, -0.15) is 0 Å². The van der Waals surface area contributed by atoms with Crippen molar-refractivity contribution < 1.29 is 29.0 Å². The highest BCUT2D eigenvalue weighted by molar-refractivity contribution is 5.79. The molecular weight excluding hydrogens is 436 g/mol. The average Bonchev–Trinajstić information content (AvgIpc) is 3.14. The number of carboxylic acids is 1. The molecule has 1 atom stereocenters. The van der Waals surface area contributed by atoms with E-state index in [-0.39, 0.29) is 44.6 Å². The second kappa shape index (κ2) is 12.7. The molecule has 34 heavy (non-hydrogen) atoms. The molecule has 0 unspecified atom stereocenters. The zero-order chi connectivity index (χ0) is 24.3. The van der Waals surface area contributed by atoms with Crippen LogP contribution in [-0.2, 0) is 19.1 Å². The summed E-state index contributed by atoms with van der Waals surface area (Å²) < 4.78 is 10.8. The lowest BCUT2D eigenvalue weighted by Gasteiger charge is -2.17. The number of hydrogen-bond donors (Lipinski definition) is 3. The maximum Gasteiger partial charge on any atom is 0.407 e. The van der Waals surface area contributed by atoms with Gasteiger partial charge in [0.15, 0.2) is 0 Å². The number of carbonyl (C=O) groups is 3. The van der Waals surface area contributed by atoms with E-state index in [1.807, 2.05) is 31.2 Å². The highest BCUT2D eigenvalue weighted by Crippen LogP contribution is 2.44. The number of unbranched alkanes of at least 4 members (excludes halogenated alkanes) is 1. The lowest BCUT2D eigenvalue weighted by molar-refractivity contribution is -0.138. The van der Waals surface area contributed by atoms with Crippen molar-refractivity contribution in [1.82, 2.24) is 10.6 Å². The van der Waals surface area contributed by atoms with Crippen molar-refractivity contribution in [2.24, 2.45) is 0 Å². The fourth-order valence-corrected chi connectivity index (χ4v) is 4.20. The van der Waals surface area contributed by atoms with Crippen LogP contribution in [-0.4, -0.2) is 55.5 Å². The van der Waals surface area contributed by atoms with Gasteiger partial charge in [0.05, 0.1) is 13.0 Å². The van der Waals surface area contributed by atoms with E-state index >= 15 is 0 Å². The molecular formula is C26H32N2O6. The van der Waals surface area contributed by atoms with E-state index in [0.717, 1.165) is 24.0 Å². The summed E-state index contributed by atoms with van der Waals surface area (Å²) in [6.07, 6.45) is 1.70. The zero-order valence-corrected chi connectivity index (χ0v) is 19.4. The predicted molar refractivity (Wildman–Crippen MR) is 128 cm³/mol. The number of ether oxygens (including phenoxy) is 2. The molecule has 182 valence electrons. The van der Waals surface area contributed by atoms with E-state index in [1.54, 1.807) is 0 Å². The molecule has 2 amide bonds. The van der Waals surface area contributed by atoms with Crippen LogP contribution in [0.15, 0.2) is 48.5 Å². The molecule has 3 rings (SSSR count). The largest absolute Gasteiger partial charge is 0.481 e. The Balaban J connectivity index is 1.35. The molecule has 8 nitrogen and oxygen atoms in total. The number of alkyl carbamates (subject to hydrolysis) is 1. The van der Waals surface area contributed by atoms with E-state index < -0.39 is 18.1 Å². The standard InChI is InChI=1S/C26H32N2O6/c1-2-3-8-18(15-25(30)31)28-24(29)17-33-14-13-27-26(32)34-16-23-21-11-6-4-9-19(21)20-10-5-7-12-22(20)23/h4-7,9-12,18,23H,2-3,8,13-17H2,1H3,(H,27,32)(H,28,29)(H,30,31)/t18-/m0/s1. The smallest absolute Gasteiger partial charge is 0.407 e. The topological polar surface area (TPSA) is 114 Å². The Bertz CT molecular complexity index is 947. The second-order valence-corrected chi connectivity index (χ2v) is 8.31. The third-order valence-corrected chi connectivity index (χ3v) is 5.78. The third kappa shape index (κ3) is 7.05. The van der Waals surface area contributed by atoms with Crippen LogP contribution in [0.1, 0.15) is 49.7 Å². The molecule has 0 saturated carbocycles. The molecule has 1 aliphatic rings. The zero-order valence-electron chi connectivity index (χ0n) is 19.4. The number of carboxylic acid groups (broad SMARTS) is 1. The summed E-state index contributed by atoms with van der Waals surface area (Å²) >= 11 is 0. The fraction of sp³-hybridized carbons (Fsp3) is 0.423. The van der Waals surface area contributed by atoms with Crippen LogP contribution < -0.4 is 10.6 Å². The lowest BCUT2D eigenvalue weighted by Crippen LogP contribution is -2.39. The molecule has 0 heterocycles. The van der Waals surface area contributed by atoms with Gasteiger partial charge in [-0.15, -0.1) is 0 Å². The van der Waals surface area contributed by atoms with Gasteiger partial charge in [-0.05, 0) is 28.7 Å². The van der Waals surface area contributed by atoms with E-state index in [4.69, 9.17) is 14.6 Å². The molecule has 0 aromatic heterocycles. The van der Waals surface area contributed by atoms with Gasteiger partial charge in [0.1, 0.15) is 13.2 Å². The Morgan fingerprint density at radius 3 is 2.29 bits per heavy atom. The van der Waals surface area contributed by atoms with Gasteiger partial charge in [0.25, 0.3) is 0 Å². The van der Waals surface area contributed by atoms with E-state index in [9.17, 15) is 14.4 Å². The first-order valence-electron chi connectivity index (χ1n) is 11.7. The number of amides is 2. The molecule has 0 bridgehead atoms. The molecule has 8 heteroatoms. The van der Waals surface area contributed by atoms with Crippen LogP contribution >= 0.6 is 0 Å². The van der Waals surface area contributed by atoms with E-state index in [2.05, 4.69) is 34.9 Å². The molecule has 0 saturated heterocycles.